The minimum absolute atomic E-state index is 0.353. The summed E-state index contributed by atoms with van der Waals surface area (Å²) in [5, 5.41) is 13.2. The number of hydrogen-bond acceptors (Lipinski definition) is 3. The van der Waals surface area contributed by atoms with E-state index in [-0.39, 0.29) is 6.10 Å². The van der Waals surface area contributed by atoms with Crippen LogP contribution in [0.5, 0.6) is 0 Å². The third kappa shape index (κ3) is 4.23. The molecule has 17 heavy (non-hydrogen) atoms. The highest BCUT2D eigenvalue weighted by Crippen LogP contribution is 2.44. The van der Waals surface area contributed by atoms with Gasteiger partial charge in [-0.25, -0.2) is 0 Å². The van der Waals surface area contributed by atoms with E-state index in [2.05, 4.69) is 19.2 Å². The van der Waals surface area contributed by atoms with E-state index in [0.29, 0.717) is 30.7 Å². The summed E-state index contributed by atoms with van der Waals surface area (Å²) in [6, 6.07) is 0.590. The van der Waals surface area contributed by atoms with Gasteiger partial charge in [-0.1, -0.05) is 33.1 Å². The van der Waals surface area contributed by atoms with Crippen molar-refractivity contribution in [1.82, 2.24) is 5.32 Å². The molecule has 2 atom stereocenters. The highest BCUT2D eigenvalue weighted by molar-refractivity contribution is 5.01. The predicted octanol–water partition coefficient (Wildman–Crippen LogP) is 2.08. The zero-order valence-corrected chi connectivity index (χ0v) is 11.2. The Hall–Kier alpha value is -0.120. The molecule has 0 spiro atoms. The molecule has 0 aromatic carbocycles. The fourth-order valence-corrected chi connectivity index (χ4v) is 2.63. The molecule has 0 aromatic heterocycles. The van der Waals surface area contributed by atoms with Crippen LogP contribution in [-0.4, -0.2) is 36.5 Å². The predicted molar refractivity (Wildman–Crippen MR) is 69.0 cm³/mol. The first-order chi connectivity index (χ1) is 8.08. The Kier molecular flexibility index (Phi) is 4.45. The third-order valence-corrected chi connectivity index (χ3v) is 4.19. The van der Waals surface area contributed by atoms with Crippen molar-refractivity contribution >= 4 is 0 Å². The van der Waals surface area contributed by atoms with Crippen molar-refractivity contribution < 1.29 is 9.84 Å². The van der Waals surface area contributed by atoms with Crippen molar-refractivity contribution in [1.29, 1.82) is 0 Å². The van der Waals surface area contributed by atoms with Gasteiger partial charge in [0.1, 0.15) is 0 Å². The average molecular weight is 241 g/mol. The van der Waals surface area contributed by atoms with E-state index in [9.17, 15) is 5.11 Å². The summed E-state index contributed by atoms with van der Waals surface area (Å²) in [6.07, 6.45) is 7.55. The van der Waals surface area contributed by atoms with Gasteiger partial charge in [-0.2, -0.15) is 0 Å². The van der Waals surface area contributed by atoms with Crippen LogP contribution in [0.15, 0.2) is 0 Å². The van der Waals surface area contributed by atoms with Crippen LogP contribution in [0.25, 0.3) is 0 Å². The number of hydrogen-bond donors (Lipinski definition) is 2. The first-order valence-corrected chi connectivity index (χ1v) is 7.11. The Morgan fingerprint density at radius 3 is 2.53 bits per heavy atom. The minimum Gasteiger partial charge on any atom is -0.389 e. The standard InChI is InChI=1S/C14H27NO2/c1-14(2)8-13(14)15-9-11(16)10-17-12-6-4-3-5-7-12/h11-13,15-16H,3-10H2,1-2H3. The molecule has 2 rings (SSSR count). The van der Waals surface area contributed by atoms with E-state index in [1.54, 1.807) is 0 Å². The summed E-state index contributed by atoms with van der Waals surface area (Å²) in [7, 11) is 0. The highest BCUT2D eigenvalue weighted by Gasteiger charge is 2.45. The molecule has 2 aliphatic rings. The zero-order chi connectivity index (χ0) is 12.3. The van der Waals surface area contributed by atoms with E-state index in [4.69, 9.17) is 4.74 Å². The molecule has 3 heteroatoms. The molecule has 2 saturated carbocycles. The molecule has 0 radical (unpaired) electrons. The molecule has 0 aliphatic heterocycles. The van der Waals surface area contributed by atoms with Crippen LogP contribution in [-0.2, 0) is 4.74 Å². The molecule has 100 valence electrons. The minimum atomic E-state index is -0.353. The van der Waals surface area contributed by atoms with Crippen molar-refractivity contribution in [2.75, 3.05) is 13.2 Å². The normalized spacial score (nSPS) is 30.2. The second-order valence-corrected chi connectivity index (χ2v) is 6.40. The molecule has 0 aromatic rings. The maximum absolute atomic E-state index is 9.84. The van der Waals surface area contributed by atoms with Crippen molar-refractivity contribution in [3.63, 3.8) is 0 Å². The van der Waals surface area contributed by atoms with Gasteiger partial charge in [0.2, 0.25) is 0 Å². The van der Waals surface area contributed by atoms with E-state index >= 15 is 0 Å². The summed E-state index contributed by atoms with van der Waals surface area (Å²) >= 11 is 0. The van der Waals surface area contributed by atoms with Gasteiger partial charge in [0.05, 0.1) is 18.8 Å². The number of ether oxygens (including phenoxy) is 1. The summed E-state index contributed by atoms with van der Waals surface area (Å²) in [6.45, 7) is 5.68. The van der Waals surface area contributed by atoms with Gasteiger partial charge in [-0.15, -0.1) is 0 Å². The lowest BCUT2D eigenvalue weighted by atomic mass is 9.98. The fourth-order valence-electron chi connectivity index (χ4n) is 2.63. The van der Waals surface area contributed by atoms with Gasteiger partial charge >= 0.3 is 0 Å². The van der Waals surface area contributed by atoms with Crippen molar-refractivity contribution in [3.05, 3.63) is 0 Å². The fraction of sp³-hybridized carbons (Fsp3) is 1.00. The molecule has 2 N–H and O–H groups in total. The molecule has 0 heterocycles. The monoisotopic (exact) mass is 241 g/mol. The molecule has 2 unspecified atom stereocenters. The molecular formula is C14H27NO2. The van der Waals surface area contributed by atoms with E-state index in [1.165, 1.54) is 38.5 Å². The highest BCUT2D eigenvalue weighted by atomic mass is 16.5. The van der Waals surface area contributed by atoms with E-state index < -0.39 is 0 Å². The van der Waals surface area contributed by atoms with Gasteiger partial charge in [-0.05, 0) is 24.7 Å². The topological polar surface area (TPSA) is 41.5 Å². The van der Waals surface area contributed by atoms with Crippen LogP contribution in [0, 0.1) is 5.41 Å². The van der Waals surface area contributed by atoms with Crippen molar-refractivity contribution in [2.45, 2.75) is 70.6 Å². The molecular weight excluding hydrogens is 214 g/mol. The number of aliphatic hydroxyl groups excluding tert-OH is 1. The largest absolute Gasteiger partial charge is 0.389 e. The Balaban J connectivity index is 1.53. The molecule has 0 amide bonds. The average Bonchev–Trinajstić information content (AvgIpc) is 2.93. The van der Waals surface area contributed by atoms with Crippen LogP contribution in [0.2, 0.25) is 0 Å². The SMILES string of the molecule is CC1(C)CC1NCC(O)COC1CCCCC1. The van der Waals surface area contributed by atoms with Gasteiger partial charge in [0, 0.05) is 12.6 Å². The maximum atomic E-state index is 9.84. The second kappa shape index (κ2) is 5.68. The van der Waals surface area contributed by atoms with E-state index in [0.717, 1.165) is 0 Å². The maximum Gasteiger partial charge on any atom is 0.0897 e. The van der Waals surface area contributed by atoms with Crippen LogP contribution < -0.4 is 5.32 Å². The number of nitrogens with one attached hydrogen (secondary N) is 1. The third-order valence-electron chi connectivity index (χ3n) is 4.19. The van der Waals surface area contributed by atoms with Crippen LogP contribution in [0.3, 0.4) is 0 Å². The summed E-state index contributed by atoms with van der Waals surface area (Å²) < 4.78 is 5.76. The lowest BCUT2D eigenvalue weighted by molar-refractivity contribution is -0.0231. The van der Waals surface area contributed by atoms with Gasteiger partial charge in [0.25, 0.3) is 0 Å². The van der Waals surface area contributed by atoms with Crippen molar-refractivity contribution in [2.24, 2.45) is 5.41 Å². The Morgan fingerprint density at radius 2 is 1.94 bits per heavy atom. The molecule has 3 nitrogen and oxygen atoms in total. The van der Waals surface area contributed by atoms with E-state index in [1.807, 2.05) is 0 Å². The molecule has 2 aliphatic carbocycles. The lowest BCUT2D eigenvalue weighted by Crippen LogP contribution is -2.34. The van der Waals surface area contributed by atoms with Crippen LogP contribution in [0.1, 0.15) is 52.4 Å². The quantitative estimate of drug-likeness (QED) is 0.748. The Bertz CT molecular complexity index is 236. The summed E-state index contributed by atoms with van der Waals surface area (Å²) in [5.74, 6) is 0. The lowest BCUT2D eigenvalue weighted by Gasteiger charge is -2.23. The molecule has 2 fully saturated rings. The second-order valence-electron chi connectivity index (χ2n) is 6.40. The number of rotatable bonds is 6. The van der Waals surface area contributed by atoms with Crippen LogP contribution >= 0.6 is 0 Å². The Morgan fingerprint density at radius 1 is 1.29 bits per heavy atom. The number of aliphatic hydroxyl groups is 1. The first-order valence-electron chi connectivity index (χ1n) is 7.11. The molecule has 0 saturated heterocycles. The van der Waals surface area contributed by atoms with Crippen molar-refractivity contribution in [3.8, 4) is 0 Å². The smallest absolute Gasteiger partial charge is 0.0897 e. The van der Waals surface area contributed by atoms with Gasteiger partial charge < -0.3 is 15.2 Å². The summed E-state index contributed by atoms with van der Waals surface area (Å²) in [4.78, 5) is 0. The molecule has 0 bridgehead atoms. The summed E-state index contributed by atoms with van der Waals surface area (Å²) in [5.41, 5.74) is 0.434. The van der Waals surface area contributed by atoms with Gasteiger partial charge in [0.15, 0.2) is 0 Å². The van der Waals surface area contributed by atoms with Gasteiger partial charge in [-0.3, -0.25) is 0 Å². The Labute approximate surface area is 105 Å². The van der Waals surface area contributed by atoms with Crippen LogP contribution in [0.4, 0.5) is 0 Å². The first kappa shape index (κ1) is 13.3. The zero-order valence-electron chi connectivity index (χ0n) is 11.2.